The van der Waals surface area contributed by atoms with Crippen molar-refractivity contribution in [3.63, 3.8) is 0 Å². The monoisotopic (exact) mass is 477 g/mol. The lowest BCUT2D eigenvalue weighted by Crippen LogP contribution is -2.49. The van der Waals surface area contributed by atoms with Gasteiger partial charge in [-0.15, -0.1) is 0 Å². The van der Waals surface area contributed by atoms with E-state index in [0.717, 1.165) is 35.5 Å². The van der Waals surface area contributed by atoms with E-state index in [4.69, 9.17) is 16.3 Å². The maximum Gasteiger partial charge on any atom is 0.416 e. The third-order valence-electron chi connectivity index (χ3n) is 5.58. The zero-order chi connectivity index (χ0) is 23.8. The van der Waals surface area contributed by atoms with Gasteiger partial charge in [-0.3, -0.25) is 4.79 Å². The molecule has 0 saturated carbocycles. The van der Waals surface area contributed by atoms with Crippen LogP contribution in [0, 0.1) is 0 Å². The van der Waals surface area contributed by atoms with Gasteiger partial charge in [0.05, 0.1) is 36.9 Å². The number of fused-ring (bicyclic) bond motifs is 1. The fourth-order valence-electron chi connectivity index (χ4n) is 3.82. The van der Waals surface area contributed by atoms with Crippen molar-refractivity contribution in [3.8, 4) is 0 Å². The fraction of sp³-hybridized carbons (Fsp3) is 0.261. The van der Waals surface area contributed by atoms with Crippen LogP contribution in [0.2, 0.25) is 5.02 Å². The molecule has 172 valence electrons. The molecule has 0 saturated heterocycles. The topological polar surface area (TPSA) is 64.4 Å². The first kappa shape index (κ1) is 22.8. The lowest BCUT2D eigenvalue weighted by Gasteiger charge is -2.34. The number of aromatic nitrogens is 2. The van der Waals surface area contributed by atoms with Crippen LogP contribution in [0.15, 0.2) is 54.9 Å². The second kappa shape index (κ2) is 8.90. The number of carbonyl (C=O) groups is 2. The van der Waals surface area contributed by atoms with Crippen molar-refractivity contribution < 1.29 is 27.5 Å². The van der Waals surface area contributed by atoms with Crippen LogP contribution in [0.25, 0.3) is 0 Å². The van der Waals surface area contributed by atoms with Crippen LogP contribution in [0.1, 0.15) is 32.9 Å². The van der Waals surface area contributed by atoms with Crippen LogP contribution >= 0.6 is 11.6 Å². The third-order valence-corrected chi connectivity index (χ3v) is 5.83. The van der Waals surface area contributed by atoms with Crippen molar-refractivity contribution in [2.45, 2.75) is 31.7 Å². The van der Waals surface area contributed by atoms with Gasteiger partial charge < -0.3 is 14.2 Å². The number of halogens is 4. The van der Waals surface area contributed by atoms with E-state index in [-0.39, 0.29) is 18.5 Å². The van der Waals surface area contributed by atoms with Crippen LogP contribution in [-0.4, -0.2) is 39.5 Å². The lowest BCUT2D eigenvalue weighted by molar-refractivity contribution is -0.146. The van der Waals surface area contributed by atoms with Gasteiger partial charge >= 0.3 is 12.1 Å². The van der Waals surface area contributed by atoms with Gasteiger partial charge in [-0.05, 0) is 42.0 Å². The van der Waals surface area contributed by atoms with Gasteiger partial charge in [0.1, 0.15) is 6.04 Å². The fourth-order valence-corrected chi connectivity index (χ4v) is 3.94. The summed E-state index contributed by atoms with van der Waals surface area (Å²) >= 11 is 5.95. The molecule has 2 aromatic carbocycles. The highest BCUT2D eigenvalue weighted by atomic mass is 35.5. The van der Waals surface area contributed by atoms with Crippen LogP contribution in [0.3, 0.4) is 0 Å². The molecule has 0 bridgehead atoms. The molecule has 1 aromatic heterocycles. The molecule has 1 amide bonds. The molecule has 0 fully saturated rings. The van der Waals surface area contributed by atoms with E-state index in [1.54, 1.807) is 18.5 Å². The molecule has 0 radical (unpaired) electrons. The van der Waals surface area contributed by atoms with Crippen molar-refractivity contribution in [1.82, 2.24) is 14.5 Å². The lowest BCUT2D eigenvalue weighted by atomic mass is 10.0. The van der Waals surface area contributed by atoms with E-state index in [0.29, 0.717) is 17.3 Å². The number of hydrogen-bond donors (Lipinski definition) is 0. The normalized spacial score (nSPS) is 15.8. The van der Waals surface area contributed by atoms with E-state index in [1.807, 2.05) is 16.7 Å². The highest BCUT2D eigenvalue weighted by Crippen LogP contribution is 2.30. The second-order valence-corrected chi connectivity index (χ2v) is 8.08. The molecule has 4 rings (SSSR count). The zero-order valence-corrected chi connectivity index (χ0v) is 18.2. The molecule has 10 heteroatoms. The van der Waals surface area contributed by atoms with E-state index < -0.39 is 29.7 Å². The highest BCUT2D eigenvalue weighted by Gasteiger charge is 2.38. The largest absolute Gasteiger partial charge is 0.467 e. The molecular formula is C23H19ClF3N3O3. The first-order chi connectivity index (χ1) is 15.7. The number of amides is 1. The Labute approximate surface area is 192 Å². The molecule has 6 nitrogen and oxygen atoms in total. The summed E-state index contributed by atoms with van der Waals surface area (Å²) < 4.78 is 45.4. The van der Waals surface area contributed by atoms with Crippen molar-refractivity contribution in [2.24, 2.45) is 0 Å². The number of methoxy groups -OCH3 is 1. The van der Waals surface area contributed by atoms with E-state index in [2.05, 4.69) is 4.98 Å². The zero-order valence-electron chi connectivity index (χ0n) is 17.5. The van der Waals surface area contributed by atoms with E-state index in [1.165, 1.54) is 12.0 Å². The number of nitrogens with zero attached hydrogens (tertiary/aromatic N) is 3. The molecule has 1 aliphatic heterocycles. The van der Waals surface area contributed by atoms with Crippen molar-refractivity contribution >= 4 is 23.5 Å². The number of esters is 1. The van der Waals surface area contributed by atoms with Crippen LogP contribution in [0.5, 0.6) is 0 Å². The Morgan fingerprint density at radius 2 is 1.79 bits per heavy atom. The molecule has 3 aromatic rings. The molecule has 33 heavy (non-hydrogen) atoms. The maximum atomic E-state index is 13.2. The number of imidazole rings is 1. The summed E-state index contributed by atoms with van der Waals surface area (Å²) in [5.74, 6) is -1.18. The summed E-state index contributed by atoms with van der Waals surface area (Å²) in [6.45, 7) is 0.535. The summed E-state index contributed by atoms with van der Waals surface area (Å²) in [4.78, 5) is 31.4. The minimum atomic E-state index is -4.51. The Balaban J connectivity index is 1.64. The summed E-state index contributed by atoms with van der Waals surface area (Å²) in [5, 5.41) is 0.612. The summed E-state index contributed by atoms with van der Waals surface area (Å²) in [6, 6.07) is 10.3. The number of ether oxygens (including phenoxy) is 1. The van der Waals surface area contributed by atoms with Gasteiger partial charge in [0.2, 0.25) is 0 Å². The van der Waals surface area contributed by atoms with Crippen LogP contribution in [0.4, 0.5) is 13.2 Å². The average Bonchev–Trinajstić information content (AvgIpc) is 3.19. The molecule has 0 aliphatic carbocycles. The Bertz CT molecular complexity index is 1170. The SMILES string of the molecule is COC(=O)[C@H]1Cc2ncn(Cc3ccc(Cl)cc3)c2CN1C(=O)c1ccc(C(F)(F)F)cc1. The van der Waals surface area contributed by atoms with E-state index in [9.17, 15) is 22.8 Å². The Kier molecular flexibility index (Phi) is 6.16. The van der Waals surface area contributed by atoms with Crippen molar-refractivity contribution in [3.05, 3.63) is 88.0 Å². The van der Waals surface area contributed by atoms with Crippen LogP contribution < -0.4 is 0 Å². The average molecular weight is 478 g/mol. The maximum absolute atomic E-state index is 13.2. The molecule has 0 spiro atoms. The minimum Gasteiger partial charge on any atom is -0.467 e. The third kappa shape index (κ3) is 4.73. The predicted molar refractivity (Wildman–Crippen MR) is 114 cm³/mol. The van der Waals surface area contributed by atoms with Gasteiger partial charge in [0.25, 0.3) is 5.91 Å². The predicted octanol–water partition coefficient (Wildman–Crippen LogP) is 4.34. The number of carbonyl (C=O) groups excluding carboxylic acids is 2. The first-order valence-corrected chi connectivity index (χ1v) is 10.4. The molecule has 0 N–H and O–H groups in total. The Morgan fingerprint density at radius 1 is 1.12 bits per heavy atom. The number of rotatable bonds is 4. The standard InChI is InChI=1S/C23H19ClF3N3O3/c1-33-22(32)19-10-18-20(29(13-28-18)11-14-2-8-17(24)9-3-14)12-30(19)21(31)15-4-6-16(7-5-15)23(25,26)27/h2-9,13,19H,10-12H2,1H3/t19-/m1/s1. The van der Waals surface area contributed by atoms with Crippen LogP contribution in [-0.2, 0) is 35.2 Å². The van der Waals surface area contributed by atoms with Gasteiger partial charge in [-0.1, -0.05) is 23.7 Å². The summed E-state index contributed by atoms with van der Waals surface area (Å²) in [7, 11) is 1.22. The quantitative estimate of drug-likeness (QED) is 0.524. The molecule has 2 heterocycles. The number of hydrogen-bond acceptors (Lipinski definition) is 4. The number of benzene rings is 2. The summed E-state index contributed by atoms with van der Waals surface area (Å²) in [5.41, 5.74) is 1.56. The van der Waals surface area contributed by atoms with Gasteiger partial charge in [-0.2, -0.15) is 13.2 Å². The minimum absolute atomic E-state index is 0.0455. The smallest absolute Gasteiger partial charge is 0.416 e. The summed E-state index contributed by atoms with van der Waals surface area (Å²) in [6.07, 6.45) is -2.73. The molecule has 0 unspecified atom stereocenters. The van der Waals surface area contributed by atoms with Gasteiger partial charge in [0, 0.05) is 23.6 Å². The Hall–Kier alpha value is -3.33. The molecular weight excluding hydrogens is 459 g/mol. The highest BCUT2D eigenvalue weighted by molar-refractivity contribution is 6.30. The van der Waals surface area contributed by atoms with E-state index >= 15 is 0 Å². The second-order valence-electron chi connectivity index (χ2n) is 7.64. The molecule has 1 atom stereocenters. The van der Waals surface area contributed by atoms with Gasteiger partial charge in [0.15, 0.2) is 0 Å². The number of alkyl halides is 3. The first-order valence-electron chi connectivity index (χ1n) is 10.0. The van der Waals surface area contributed by atoms with Gasteiger partial charge in [-0.25, -0.2) is 9.78 Å². The Morgan fingerprint density at radius 3 is 2.39 bits per heavy atom. The molecule has 1 aliphatic rings. The van der Waals surface area contributed by atoms with Crippen molar-refractivity contribution in [1.29, 1.82) is 0 Å². The van der Waals surface area contributed by atoms with Crippen molar-refractivity contribution in [2.75, 3.05) is 7.11 Å².